The average molecular weight is 177 g/mol. The van der Waals surface area contributed by atoms with Gasteiger partial charge in [-0.15, -0.1) is 0 Å². The van der Waals surface area contributed by atoms with Gasteiger partial charge in [0, 0.05) is 0 Å². The number of hydrogen-bond donors (Lipinski definition) is 1. The predicted octanol–water partition coefficient (Wildman–Crippen LogP) is 1.16. The van der Waals surface area contributed by atoms with E-state index in [1.807, 2.05) is 30.3 Å². The van der Waals surface area contributed by atoms with Crippen molar-refractivity contribution in [1.29, 1.82) is 0 Å². The van der Waals surface area contributed by atoms with Crippen molar-refractivity contribution < 1.29 is 9.53 Å². The van der Waals surface area contributed by atoms with E-state index in [0.29, 0.717) is 0 Å². The Morgan fingerprint density at radius 3 is 2.69 bits per heavy atom. The fourth-order valence-electron chi connectivity index (χ4n) is 0.801. The van der Waals surface area contributed by atoms with Crippen molar-refractivity contribution in [2.75, 3.05) is 6.54 Å². The Labute approximate surface area is 76.8 Å². The van der Waals surface area contributed by atoms with Crippen molar-refractivity contribution in [1.82, 2.24) is 0 Å². The maximum Gasteiger partial charge on any atom is 0.324 e. The molecule has 1 aromatic rings. The summed E-state index contributed by atoms with van der Waals surface area (Å²) in [6.07, 6.45) is 3.04. The van der Waals surface area contributed by atoms with E-state index >= 15 is 0 Å². The van der Waals surface area contributed by atoms with Gasteiger partial charge >= 0.3 is 5.97 Å². The molecule has 68 valence electrons. The van der Waals surface area contributed by atoms with Gasteiger partial charge in [0.05, 0.1) is 12.8 Å². The third-order valence-corrected chi connectivity index (χ3v) is 1.43. The van der Waals surface area contributed by atoms with Crippen molar-refractivity contribution in [3.63, 3.8) is 0 Å². The van der Waals surface area contributed by atoms with Crippen LogP contribution >= 0.6 is 0 Å². The number of hydrogen-bond acceptors (Lipinski definition) is 3. The third-order valence-electron chi connectivity index (χ3n) is 1.43. The van der Waals surface area contributed by atoms with Gasteiger partial charge in [-0.3, -0.25) is 4.79 Å². The van der Waals surface area contributed by atoms with Crippen LogP contribution in [0, 0.1) is 0 Å². The van der Waals surface area contributed by atoms with Crippen LogP contribution in [0.3, 0.4) is 0 Å². The van der Waals surface area contributed by atoms with Crippen LogP contribution in [0.2, 0.25) is 0 Å². The summed E-state index contributed by atoms with van der Waals surface area (Å²) >= 11 is 0. The van der Waals surface area contributed by atoms with Gasteiger partial charge in [-0.2, -0.15) is 0 Å². The molecule has 0 spiro atoms. The molecule has 2 N–H and O–H groups in total. The van der Waals surface area contributed by atoms with Crippen molar-refractivity contribution in [2.24, 2.45) is 5.73 Å². The molecule has 13 heavy (non-hydrogen) atoms. The third kappa shape index (κ3) is 3.53. The van der Waals surface area contributed by atoms with Crippen LogP contribution < -0.4 is 5.73 Å². The molecule has 0 unspecified atom stereocenters. The molecule has 0 radical (unpaired) electrons. The lowest BCUT2D eigenvalue weighted by Crippen LogP contribution is -2.13. The van der Waals surface area contributed by atoms with E-state index < -0.39 is 5.97 Å². The minimum atomic E-state index is -0.438. The van der Waals surface area contributed by atoms with Crippen LogP contribution in [-0.2, 0) is 9.53 Å². The van der Waals surface area contributed by atoms with E-state index in [0.717, 1.165) is 5.56 Å². The second-order valence-corrected chi connectivity index (χ2v) is 2.41. The van der Waals surface area contributed by atoms with Crippen molar-refractivity contribution >= 4 is 12.0 Å². The molecule has 0 aliphatic carbocycles. The lowest BCUT2D eigenvalue weighted by molar-refractivity contribution is -0.136. The zero-order chi connectivity index (χ0) is 9.52. The van der Waals surface area contributed by atoms with Gasteiger partial charge in [0.25, 0.3) is 0 Å². The first-order valence-electron chi connectivity index (χ1n) is 3.94. The summed E-state index contributed by atoms with van der Waals surface area (Å²) in [5, 5.41) is 0. The van der Waals surface area contributed by atoms with Crippen LogP contribution in [0.15, 0.2) is 36.6 Å². The molecule has 0 atom stereocenters. The van der Waals surface area contributed by atoms with Crippen LogP contribution in [0.4, 0.5) is 0 Å². The zero-order valence-corrected chi connectivity index (χ0v) is 7.14. The highest BCUT2D eigenvalue weighted by Gasteiger charge is 1.92. The van der Waals surface area contributed by atoms with Gasteiger partial charge < -0.3 is 10.5 Å². The Kier molecular flexibility index (Phi) is 3.73. The largest absolute Gasteiger partial charge is 0.434 e. The molecule has 0 fully saturated rings. The summed E-state index contributed by atoms with van der Waals surface area (Å²) in [5.41, 5.74) is 6.02. The first-order valence-corrected chi connectivity index (χ1v) is 3.94. The van der Waals surface area contributed by atoms with E-state index in [1.54, 1.807) is 6.08 Å². The molecule has 0 amide bonds. The van der Waals surface area contributed by atoms with Crippen LogP contribution in [-0.4, -0.2) is 12.5 Å². The number of nitrogens with two attached hydrogens (primary N) is 1. The lowest BCUT2D eigenvalue weighted by atomic mass is 10.2. The SMILES string of the molecule is NCC(=O)OC=Cc1ccccc1. The van der Waals surface area contributed by atoms with Gasteiger partial charge in [0.1, 0.15) is 0 Å². The molecule has 0 aromatic heterocycles. The van der Waals surface area contributed by atoms with Crippen molar-refractivity contribution in [3.05, 3.63) is 42.2 Å². The summed E-state index contributed by atoms with van der Waals surface area (Å²) in [5.74, 6) is -0.438. The van der Waals surface area contributed by atoms with Gasteiger partial charge in [-0.05, 0) is 11.6 Å². The maximum atomic E-state index is 10.6. The summed E-state index contributed by atoms with van der Waals surface area (Å²) in [6, 6.07) is 9.55. The Morgan fingerprint density at radius 1 is 1.38 bits per heavy atom. The summed E-state index contributed by atoms with van der Waals surface area (Å²) in [4.78, 5) is 10.6. The Hall–Kier alpha value is -1.61. The second-order valence-electron chi connectivity index (χ2n) is 2.41. The molecule has 0 bridgehead atoms. The predicted molar refractivity (Wildman–Crippen MR) is 50.6 cm³/mol. The van der Waals surface area contributed by atoms with Gasteiger partial charge in [-0.25, -0.2) is 0 Å². The van der Waals surface area contributed by atoms with E-state index in [4.69, 9.17) is 5.73 Å². The fraction of sp³-hybridized carbons (Fsp3) is 0.100. The highest BCUT2D eigenvalue weighted by Crippen LogP contribution is 2.00. The minimum Gasteiger partial charge on any atom is -0.434 e. The first kappa shape index (κ1) is 9.48. The number of rotatable bonds is 3. The van der Waals surface area contributed by atoms with Gasteiger partial charge in [0.2, 0.25) is 0 Å². The number of esters is 1. The molecule has 0 saturated carbocycles. The van der Waals surface area contributed by atoms with E-state index in [9.17, 15) is 4.79 Å². The average Bonchev–Trinajstić information content (AvgIpc) is 2.19. The standard InChI is InChI=1S/C10H11NO2/c11-8-10(12)13-7-6-9-4-2-1-3-5-9/h1-7H,8,11H2. The highest BCUT2D eigenvalue weighted by atomic mass is 16.5. The molecular formula is C10H11NO2. The molecule has 0 heterocycles. The Morgan fingerprint density at radius 2 is 2.08 bits per heavy atom. The molecule has 0 saturated heterocycles. The fourth-order valence-corrected chi connectivity index (χ4v) is 0.801. The molecule has 1 rings (SSSR count). The number of benzene rings is 1. The second kappa shape index (κ2) is 5.11. The minimum absolute atomic E-state index is 0.0981. The highest BCUT2D eigenvalue weighted by molar-refractivity contribution is 5.72. The topological polar surface area (TPSA) is 52.3 Å². The Bertz CT molecular complexity index is 293. The summed E-state index contributed by atoms with van der Waals surface area (Å²) in [7, 11) is 0. The molecule has 1 aromatic carbocycles. The lowest BCUT2D eigenvalue weighted by Gasteiger charge is -1.94. The molecular weight excluding hydrogens is 166 g/mol. The molecule has 3 heteroatoms. The van der Waals surface area contributed by atoms with E-state index in [1.165, 1.54) is 6.26 Å². The summed E-state index contributed by atoms with van der Waals surface area (Å²) < 4.78 is 4.65. The van der Waals surface area contributed by atoms with E-state index in [2.05, 4.69) is 4.74 Å². The van der Waals surface area contributed by atoms with Crippen LogP contribution in [0.25, 0.3) is 6.08 Å². The summed E-state index contributed by atoms with van der Waals surface area (Å²) in [6.45, 7) is -0.0981. The molecule has 0 aliphatic rings. The van der Waals surface area contributed by atoms with Crippen LogP contribution in [0.5, 0.6) is 0 Å². The number of carbonyl (C=O) groups excluding carboxylic acids is 1. The molecule has 0 aliphatic heterocycles. The Balaban J connectivity index is 2.45. The van der Waals surface area contributed by atoms with Gasteiger partial charge in [-0.1, -0.05) is 30.3 Å². The molecule has 3 nitrogen and oxygen atoms in total. The monoisotopic (exact) mass is 177 g/mol. The maximum absolute atomic E-state index is 10.6. The van der Waals surface area contributed by atoms with Crippen molar-refractivity contribution in [2.45, 2.75) is 0 Å². The van der Waals surface area contributed by atoms with Crippen LogP contribution in [0.1, 0.15) is 5.56 Å². The number of carbonyl (C=O) groups is 1. The smallest absolute Gasteiger partial charge is 0.324 e. The zero-order valence-electron chi connectivity index (χ0n) is 7.14. The number of ether oxygens (including phenoxy) is 1. The van der Waals surface area contributed by atoms with E-state index in [-0.39, 0.29) is 6.54 Å². The quantitative estimate of drug-likeness (QED) is 0.556. The van der Waals surface area contributed by atoms with Gasteiger partial charge in [0.15, 0.2) is 0 Å². The van der Waals surface area contributed by atoms with Crippen molar-refractivity contribution in [3.8, 4) is 0 Å². The normalized spacial score (nSPS) is 10.2. The first-order chi connectivity index (χ1) is 6.33.